The van der Waals surface area contributed by atoms with Gasteiger partial charge >= 0.3 is 0 Å². The molecule has 0 aliphatic carbocycles. The lowest BCUT2D eigenvalue weighted by molar-refractivity contribution is -0.114. The normalized spacial score (nSPS) is 10.0. The molecule has 0 aliphatic rings. The first kappa shape index (κ1) is 13.5. The number of nitrogens with one attached hydrogen (secondary N) is 2. The maximum absolute atomic E-state index is 10.9. The highest BCUT2D eigenvalue weighted by atomic mass is 79.9. The molecule has 5 heteroatoms. The third kappa shape index (κ3) is 4.06. The topological polar surface area (TPSA) is 54.0 Å². The Kier molecular flexibility index (Phi) is 4.52. The fourth-order valence-corrected chi connectivity index (χ4v) is 2.01. The van der Waals surface area contributed by atoms with Gasteiger partial charge in [-0.3, -0.25) is 4.79 Å². The number of anilines is 2. The molecule has 2 rings (SSSR count). The molecule has 0 atom stereocenters. The van der Waals surface area contributed by atoms with Crippen LogP contribution >= 0.6 is 15.9 Å². The smallest absolute Gasteiger partial charge is 0.221 e. The van der Waals surface area contributed by atoms with Crippen LogP contribution in [-0.4, -0.2) is 10.9 Å². The fourth-order valence-electron chi connectivity index (χ4n) is 1.62. The molecular formula is C14H14BrN3O. The number of carbonyl (C=O) groups excluding carboxylic acids is 1. The van der Waals surface area contributed by atoms with E-state index in [0.29, 0.717) is 6.54 Å². The minimum absolute atomic E-state index is 0.0647. The van der Waals surface area contributed by atoms with E-state index in [9.17, 15) is 4.79 Å². The molecule has 0 unspecified atom stereocenters. The summed E-state index contributed by atoms with van der Waals surface area (Å²) in [6.45, 7) is 2.19. The second kappa shape index (κ2) is 6.33. The highest BCUT2D eigenvalue weighted by molar-refractivity contribution is 9.10. The number of carbonyl (C=O) groups is 1. The Hall–Kier alpha value is -1.88. The molecule has 4 nitrogen and oxygen atoms in total. The van der Waals surface area contributed by atoms with E-state index in [1.165, 1.54) is 6.92 Å². The van der Waals surface area contributed by atoms with E-state index in [-0.39, 0.29) is 5.91 Å². The van der Waals surface area contributed by atoms with Gasteiger partial charge in [0, 0.05) is 25.4 Å². The number of amides is 1. The standard InChI is InChI=1S/C14H14BrN3O/c1-10(19)18-12-6-4-11(5-7-12)9-17-13-3-2-8-16-14(13)15/h2-8,17H,9H2,1H3,(H,18,19). The van der Waals surface area contributed by atoms with Gasteiger partial charge in [-0.05, 0) is 45.8 Å². The van der Waals surface area contributed by atoms with E-state index in [2.05, 4.69) is 31.5 Å². The van der Waals surface area contributed by atoms with Crippen molar-refractivity contribution in [3.05, 3.63) is 52.8 Å². The van der Waals surface area contributed by atoms with Gasteiger partial charge in [-0.15, -0.1) is 0 Å². The molecule has 98 valence electrons. The number of hydrogen-bond donors (Lipinski definition) is 2. The first-order valence-electron chi connectivity index (χ1n) is 5.86. The maximum Gasteiger partial charge on any atom is 0.221 e. The van der Waals surface area contributed by atoms with Crippen molar-refractivity contribution in [2.75, 3.05) is 10.6 Å². The van der Waals surface area contributed by atoms with Gasteiger partial charge in [-0.1, -0.05) is 12.1 Å². The van der Waals surface area contributed by atoms with Gasteiger partial charge in [0.1, 0.15) is 4.60 Å². The predicted octanol–water partition coefficient (Wildman–Crippen LogP) is 3.41. The largest absolute Gasteiger partial charge is 0.379 e. The summed E-state index contributed by atoms with van der Waals surface area (Å²) in [6.07, 6.45) is 1.73. The van der Waals surface area contributed by atoms with Crippen molar-refractivity contribution in [1.29, 1.82) is 0 Å². The summed E-state index contributed by atoms with van der Waals surface area (Å²) >= 11 is 3.39. The molecule has 2 aromatic rings. The van der Waals surface area contributed by atoms with Crippen molar-refractivity contribution >= 4 is 33.2 Å². The molecule has 0 spiro atoms. The van der Waals surface area contributed by atoms with E-state index in [1.807, 2.05) is 36.4 Å². The number of benzene rings is 1. The number of hydrogen-bond acceptors (Lipinski definition) is 3. The average molecular weight is 320 g/mol. The number of rotatable bonds is 4. The van der Waals surface area contributed by atoms with Crippen LogP contribution in [0, 0.1) is 0 Å². The van der Waals surface area contributed by atoms with Crippen LogP contribution in [0.5, 0.6) is 0 Å². The third-order valence-electron chi connectivity index (χ3n) is 2.52. The van der Waals surface area contributed by atoms with Gasteiger partial charge in [-0.2, -0.15) is 0 Å². The van der Waals surface area contributed by atoms with E-state index in [4.69, 9.17) is 0 Å². The van der Waals surface area contributed by atoms with Crippen LogP contribution in [0.1, 0.15) is 12.5 Å². The molecule has 0 saturated heterocycles. The lowest BCUT2D eigenvalue weighted by Crippen LogP contribution is -2.06. The lowest BCUT2D eigenvalue weighted by Gasteiger charge is -2.08. The van der Waals surface area contributed by atoms with Crippen LogP contribution in [0.2, 0.25) is 0 Å². The summed E-state index contributed by atoms with van der Waals surface area (Å²) in [5.41, 5.74) is 2.89. The number of halogens is 1. The van der Waals surface area contributed by atoms with Crippen LogP contribution in [-0.2, 0) is 11.3 Å². The zero-order valence-corrected chi connectivity index (χ0v) is 12.1. The number of pyridine rings is 1. The van der Waals surface area contributed by atoms with Crippen LogP contribution in [0.25, 0.3) is 0 Å². The van der Waals surface area contributed by atoms with Crippen molar-refractivity contribution in [2.24, 2.45) is 0 Å². The predicted molar refractivity (Wildman–Crippen MR) is 80.0 cm³/mol. The zero-order chi connectivity index (χ0) is 13.7. The summed E-state index contributed by atoms with van der Waals surface area (Å²) < 4.78 is 0.796. The van der Waals surface area contributed by atoms with Crippen molar-refractivity contribution in [3.8, 4) is 0 Å². The molecule has 0 radical (unpaired) electrons. The molecule has 1 aromatic carbocycles. The van der Waals surface area contributed by atoms with Gasteiger partial charge in [0.2, 0.25) is 5.91 Å². The average Bonchev–Trinajstić information content (AvgIpc) is 2.39. The van der Waals surface area contributed by atoms with Crippen LogP contribution in [0.4, 0.5) is 11.4 Å². The molecular weight excluding hydrogens is 306 g/mol. The van der Waals surface area contributed by atoms with Gasteiger partial charge in [0.15, 0.2) is 0 Å². The molecule has 2 N–H and O–H groups in total. The lowest BCUT2D eigenvalue weighted by atomic mass is 10.2. The maximum atomic E-state index is 10.9. The van der Waals surface area contributed by atoms with Gasteiger partial charge in [-0.25, -0.2) is 4.98 Å². The van der Waals surface area contributed by atoms with Crippen LogP contribution < -0.4 is 10.6 Å². The second-order valence-corrected chi connectivity index (χ2v) is 4.82. The Morgan fingerprint density at radius 2 is 2.00 bits per heavy atom. The van der Waals surface area contributed by atoms with E-state index in [0.717, 1.165) is 21.5 Å². The Morgan fingerprint density at radius 3 is 2.63 bits per heavy atom. The van der Waals surface area contributed by atoms with E-state index >= 15 is 0 Å². The molecule has 0 bridgehead atoms. The molecule has 1 amide bonds. The number of aromatic nitrogens is 1. The first-order valence-corrected chi connectivity index (χ1v) is 6.65. The summed E-state index contributed by atoms with van der Waals surface area (Å²) in [6, 6.07) is 11.6. The van der Waals surface area contributed by atoms with Gasteiger partial charge in [0.25, 0.3) is 0 Å². The SMILES string of the molecule is CC(=O)Nc1ccc(CNc2cccnc2Br)cc1. The highest BCUT2D eigenvalue weighted by Gasteiger charge is 2.00. The fraction of sp³-hybridized carbons (Fsp3) is 0.143. The summed E-state index contributed by atoms with van der Waals surface area (Å²) in [7, 11) is 0. The Bertz CT molecular complexity index is 569. The molecule has 0 saturated carbocycles. The molecule has 0 fully saturated rings. The minimum atomic E-state index is -0.0647. The van der Waals surface area contributed by atoms with Crippen molar-refractivity contribution in [3.63, 3.8) is 0 Å². The van der Waals surface area contributed by atoms with E-state index < -0.39 is 0 Å². The zero-order valence-electron chi connectivity index (χ0n) is 10.5. The monoisotopic (exact) mass is 319 g/mol. The summed E-state index contributed by atoms with van der Waals surface area (Å²) in [5, 5.41) is 6.03. The Morgan fingerprint density at radius 1 is 1.26 bits per heavy atom. The van der Waals surface area contributed by atoms with Gasteiger partial charge < -0.3 is 10.6 Å². The molecule has 1 aromatic heterocycles. The summed E-state index contributed by atoms with van der Waals surface area (Å²) in [4.78, 5) is 15.1. The first-order chi connectivity index (χ1) is 9.15. The van der Waals surface area contributed by atoms with Crippen molar-refractivity contribution in [1.82, 2.24) is 4.98 Å². The van der Waals surface area contributed by atoms with Crippen molar-refractivity contribution in [2.45, 2.75) is 13.5 Å². The highest BCUT2D eigenvalue weighted by Crippen LogP contribution is 2.19. The Balaban J connectivity index is 1.97. The van der Waals surface area contributed by atoms with Gasteiger partial charge in [0.05, 0.1) is 5.69 Å². The molecule has 19 heavy (non-hydrogen) atoms. The quantitative estimate of drug-likeness (QED) is 0.849. The van der Waals surface area contributed by atoms with Crippen molar-refractivity contribution < 1.29 is 4.79 Å². The summed E-state index contributed by atoms with van der Waals surface area (Å²) in [5.74, 6) is -0.0647. The Labute approximate surface area is 120 Å². The molecule has 0 aliphatic heterocycles. The number of nitrogens with zero attached hydrogens (tertiary/aromatic N) is 1. The van der Waals surface area contributed by atoms with E-state index in [1.54, 1.807) is 6.20 Å². The molecule has 1 heterocycles. The van der Waals surface area contributed by atoms with Crippen LogP contribution in [0.15, 0.2) is 47.2 Å². The minimum Gasteiger partial charge on any atom is -0.379 e. The van der Waals surface area contributed by atoms with Crippen LogP contribution in [0.3, 0.4) is 0 Å². The second-order valence-electron chi connectivity index (χ2n) is 4.07. The third-order valence-corrected chi connectivity index (χ3v) is 3.15.